The van der Waals surface area contributed by atoms with Crippen LogP contribution in [0.4, 0.5) is 0 Å². The second kappa shape index (κ2) is 11.4. The molecular weight excluding hydrogens is 416 g/mol. The minimum absolute atomic E-state index is 0.0138. The Morgan fingerprint density at radius 3 is 1.76 bits per heavy atom. The molecule has 0 saturated heterocycles. The quantitative estimate of drug-likeness (QED) is 0.362. The van der Waals surface area contributed by atoms with Crippen molar-refractivity contribution in [3.63, 3.8) is 0 Å². The molecule has 2 heteroatoms. The Balaban J connectivity index is 1.82. The van der Waals surface area contributed by atoms with Crippen molar-refractivity contribution in [3.8, 4) is 0 Å². The first-order chi connectivity index (χ1) is 16.6. The third-order valence-electron chi connectivity index (χ3n) is 7.32. The van der Waals surface area contributed by atoms with Crippen molar-refractivity contribution < 1.29 is 9.84 Å². The van der Waals surface area contributed by atoms with Crippen LogP contribution in [0.2, 0.25) is 0 Å². The van der Waals surface area contributed by atoms with E-state index in [1.165, 1.54) is 27.8 Å². The highest BCUT2D eigenvalue weighted by Gasteiger charge is 2.34. The van der Waals surface area contributed by atoms with E-state index >= 15 is 0 Å². The topological polar surface area (TPSA) is 29.5 Å². The monoisotopic (exact) mass is 452 g/mol. The molecule has 4 rings (SSSR count). The van der Waals surface area contributed by atoms with Gasteiger partial charge in [-0.15, -0.1) is 0 Å². The lowest BCUT2D eigenvalue weighted by atomic mass is 9.72. The highest BCUT2D eigenvalue weighted by molar-refractivity contribution is 5.45. The largest absolute Gasteiger partial charge is 0.495 e. The second-order valence-corrected chi connectivity index (χ2v) is 9.39. The molecule has 4 atom stereocenters. The van der Waals surface area contributed by atoms with Gasteiger partial charge in [-0.2, -0.15) is 0 Å². The highest BCUT2D eigenvalue weighted by atomic mass is 16.5. The van der Waals surface area contributed by atoms with Crippen LogP contribution in [0.1, 0.15) is 61.6 Å². The van der Waals surface area contributed by atoms with Crippen molar-refractivity contribution in [1.29, 1.82) is 0 Å². The van der Waals surface area contributed by atoms with Crippen LogP contribution in [0.3, 0.4) is 0 Å². The van der Waals surface area contributed by atoms with Gasteiger partial charge in [-0.3, -0.25) is 0 Å². The van der Waals surface area contributed by atoms with E-state index in [0.29, 0.717) is 18.4 Å². The molecular formula is C32H36O2. The van der Waals surface area contributed by atoms with Crippen LogP contribution in [0.15, 0.2) is 114 Å². The van der Waals surface area contributed by atoms with E-state index in [9.17, 15) is 5.11 Å². The lowest BCUT2D eigenvalue weighted by molar-refractivity contribution is 0.116. The molecule has 0 amide bonds. The van der Waals surface area contributed by atoms with Crippen LogP contribution in [0.5, 0.6) is 0 Å². The molecule has 176 valence electrons. The van der Waals surface area contributed by atoms with E-state index in [4.69, 9.17) is 4.74 Å². The molecule has 2 nitrogen and oxygen atoms in total. The molecule has 3 aromatic rings. The lowest BCUT2D eigenvalue weighted by Crippen LogP contribution is -2.24. The second-order valence-electron chi connectivity index (χ2n) is 9.39. The van der Waals surface area contributed by atoms with Gasteiger partial charge in [0.25, 0.3) is 0 Å². The Hall–Kier alpha value is -3.10. The van der Waals surface area contributed by atoms with Crippen molar-refractivity contribution in [1.82, 2.24) is 0 Å². The van der Waals surface area contributed by atoms with Crippen LogP contribution >= 0.6 is 0 Å². The van der Waals surface area contributed by atoms with Gasteiger partial charge in [0, 0.05) is 17.8 Å². The smallest absolute Gasteiger partial charge is 0.111 e. The molecule has 0 heterocycles. The first kappa shape index (κ1) is 24.0. The van der Waals surface area contributed by atoms with Crippen LogP contribution in [0, 0.1) is 5.92 Å². The number of benzene rings is 3. The zero-order chi connectivity index (χ0) is 23.9. The summed E-state index contributed by atoms with van der Waals surface area (Å²) in [5, 5.41) is 9.61. The number of hydrogen-bond donors (Lipinski definition) is 1. The highest BCUT2D eigenvalue weighted by Crippen LogP contribution is 2.46. The fourth-order valence-corrected chi connectivity index (χ4v) is 5.15. The molecule has 0 bridgehead atoms. The molecule has 34 heavy (non-hydrogen) atoms. The average Bonchev–Trinajstić information content (AvgIpc) is 2.91. The molecule has 1 aliphatic carbocycles. The van der Waals surface area contributed by atoms with Crippen molar-refractivity contribution in [3.05, 3.63) is 131 Å². The van der Waals surface area contributed by atoms with Crippen LogP contribution in [-0.4, -0.2) is 18.3 Å². The Kier molecular flexibility index (Phi) is 8.03. The number of hydrogen-bond acceptors (Lipinski definition) is 2. The fourth-order valence-electron chi connectivity index (χ4n) is 5.15. The summed E-state index contributed by atoms with van der Waals surface area (Å²) in [4.78, 5) is 0. The van der Waals surface area contributed by atoms with Crippen LogP contribution in [-0.2, 0) is 4.74 Å². The summed E-state index contributed by atoms with van der Waals surface area (Å²) in [6.07, 6.45) is 3.33. The molecule has 1 N–H and O–H groups in total. The summed E-state index contributed by atoms with van der Waals surface area (Å²) < 4.78 is 6.36. The average molecular weight is 453 g/mol. The first-order valence-corrected chi connectivity index (χ1v) is 12.4. The van der Waals surface area contributed by atoms with E-state index in [-0.39, 0.29) is 18.4 Å². The Morgan fingerprint density at radius 1 is 0.735 bits per heavy atom. The van der Waals surface area contributed by atoms with Gasteiger partial charge in [0.2, 0.25) is 0 Å². The van der Waals surface area contributed by atoms with Crippen LogP contribution in [0.25, 0.3) is 0 Å². The first-order valence-electron chi connectivity index (χ1n) is 12.4. The third kappa shape index (κ3) is 5.34. The molecule has 0 radical (unpaired) electrons. The van der Waals surface area contributed by atoms with Gasteiger partial charge in [0.05, 0.1) is 6.61 Å². The van der Waals surface area contributed by atoms with Gasteiger partial charge in [0.15, 0.2) is 0 Å². The molecule has 0 aromatic heterocycles. The maximum Gasteiger partial charge on any atom is 0.111 e. The fraction of sp³-hybridized carbons (Fsp3) is 0.312. The van der Waals surface area contributed by atoms with E-state index in [0.717, 1.165) is 12.2 Å². The van der Waals surface area contributed by atoms with Gasteiger partial charge < -0.3 is 9.84 Å². The SMILES string of the molecule is CC(C1=CC(C(C)c2ccccc2)=C(OCCO)C(C(C)c2ccccc2)C1)c1ccccc1. The van der Waals surface area contributed by atoms with E-state index < -0.39 is 0 Å². The molecule has 1 aliphatic rings. The van der Waals surface area contributed by atoms with Crippen molar-refractivity contribution in [2.24, 2.45) is 5.92 Å². The molecule has 0 aliphatic heterocycles. The zero-order valence-corrected chi connectivity index (χ0v) is 20.5. The summed E-state index contributed by atoms with van der Waals surface area (Å²) in [6.45, 7) is 7.22. The molecule has 0 spiro atoms. The third-order valence-corrected chi connectivity index (χ3v) is 7.32. The van der Waals surface area contributed by atoms with Gasteiger partial charge >= 0.3 is 0 Å². The summed E-state index contributed by atoms with van der Waals surface area (Å²) in [5.41, 5.74) is 6.60. The molecule has 0 saturated carbocycles. The minimum atomic E-state index is 0.0138. The van der Waals surface area contributed by atoms with Gasteiger partial charge in [-0.25, -0.2) is 0 Å². The van der Waals surface area contributed by atoms with Gasteiger partial charge in [0.1, 0.15) is 12.4 Å². The summed E-state index contributed by atoms with van der Waals surface area (Å²) in [7, 11) is 0. The normalized spacial score (nSPS) is 18.7. The van der Waals surface area contributed by atoms with Crippen molar-refractivity contribution in [2.45, 2.75) is 44.9 Å². The standard InChI is InChI=1S/C32H36O2/c1-23(26-13-7-4-8-14-26)29-21-30(24(2)27-15-9-5-10-16-27)32(34-20-19-33)31(22-29)25(3)28-17-11-6-12-18-28/h4-18,21,23-25,31,33H,19-20,22H2,1-3H3. The maximum absolute atomic E-state index is 9.61. The molecule has 4 unspecified atom stereocenters. The zero-order valence-electron chi connectivity index (χ0n) is 20.5. The number of aliphatic hydroxyl groups excluding tert-OH is 1. The number of ether oxygens (including phenoxy) is 1. The maximum atomic E-state index is 9.61. The summed E-state index contributed by atoms with van der Waals surface area (Å²) in [5.74, 6) is 2.05. The summed E-state index contributed by atoms with van der Waals surface area (Å²) >= 11 is 0. The molecule has 0 fully saturated rings. The predicted molar refractivity (Wildman–Crippen MR) is 141 cm³/mol. The van der Waals surface area contributed by atoms with E-state index in [1.807, 2.05) is 0 Å². The number of rotatable bonds is 9. The van der Waals surface area contributed by atoms with E-state index in [2.05, 4.69) is 118 Å². The molecule has 3 aromatic carbocycles. The van der Waals surface area contributed by atoms with Crippen molar-refractivity contribution in [2.75, 3.05) is 13.2 Å². The van der Waals surface area contributed by atoms with Crippen LogP contribution < -0.4 is 0 Å². The minimum Gasteiger partial charge on any atom is -0.495 e. The van der Waals surface area contributed by atoms with Gasteiger partial charge in [-0.05, 0) is 34.6 Å². The Bertz CT molecular complexity index is 1100. The Morgan fingerprint density at radius 2 is 1.24 bits per heavy atom. The van der Waals surface area contributed by atoms with Crippen molar-refractivity contribution >= 4 is 0 Å². The van der Waals surface area contributed by atoms with Gasteiger partial charge in [-0.1, -0.05) is 123 Å². The predicted octanol–water partition coefficient (Wildman–Crippen LogP) is 7.61. The number of aliphatic hydroxyl groups is 1. The number of allylic oxidation sites excluding steroid dienone is 4. The van der Waals surface area contributed by atoms with E-state index in [1.54, 1.807) is 0 Å². The Labute approximate surface area is 204 Å². The summed E-state index contributed by atoms with van der Waals surface area (Å²) in [6, 6.07) is 32.2. The lowest BCUT2D eigenvalue weighted by Gasteiger charge is -2.36.